The van der Waals surface area contributed by atoms with Gasteiger partial charge in [-0.2, -0.15) is 4.52 Å². The molecule has 0 atom stereocenters. The first-order chi connectivity index (χ1) is 13.1. The average molecular weight is 385 g/mol. The Balaban J connectivity index is 1.63. The van der Waals surface area contributed by atoms with Gasteiger partial charge in [0.15, 0.2) is 0 Å². The number of hydrogen-bond donors (Lipinski definition) is 1. The summed E-state index contributed by atoms with van der Waals surface area (Å²) in [4.78, 5) is 17.4. The molecule has 3 heterocycles. The number of benzene rings is 1. The van der Waals surface area contributed by atoms with E-state index in [9.17, 15) is 4.79 Å². The van der Waals surface area contributed by atoms with Gasteiger partial charge in [0.2, 0.25) is 10.1 Å². The maximum atomic E-state index is 12.2. The molecule has 1 saturated heterocycles. The first-order valence-corrected chi connectivity index (χ1v) is 10.2. The molecule has 4 rings (SSSR count). The molecule has 0 spiro atoms. The van der Waals surface area contributed by atoms with Crippen molar-refractivity contribution in [2.24, 2.45) is 0 Å². The Hall–Kier alpha value is -2.25. The summed E-state index contributed by atoms with van der Waals surface area (Å²) in [5.41, 5.74) is 3.35. The summed E-state index contributed by atoms with van der Waals surface area (Å²) in [6, 6.07) is 10.1. The van der Waals surface area contributed by atoms with Crippen molar-refractivity contribution < 1.29 is 4.74 Å². The summed E-state index contributed by atoms with van der Waals surface area (Å²) in [5.74, 6) is 0. The minimum Gasteiger partial charge on any atom is -0.381 e. The number of hydrogen-bond acceptors (Lipinski definition) is 6. The van der Waals surface area contributed by atoms with Gasteiger partial charge in [-0.05, 0) is 37.3 Å². The summed E-state index contributed by atoms with van der Waals surface area (Å²) >= 11 is 1.43. The number of nitrogens with zero attached hydrogens (tertiary/aromatic N) is 3. The minimum absolute atomic E-state index is 0.00835. The Morgan fingerprint density at radius 2 is 2.07 bits per heavy atom. The number of nitrogens with one attached hydrogen (secondary N) is 1. The second-order valence-corrected chi connectivity index (χ2v) is 8.06. The first-order valence-electron chi connectivity index (χ1n) is 9.39. The van der Waals surface area contributed by atoms with E-state index in [0.717, 1.165) is 49.8 Å². The molecule has 1 aliphatic rings. The van der Waals surface area contributed by atoms with Gasteiger partial charge in [0, 0.05) is 36.9 Å². The van der Waals surface area contributed by atoms with Gasteiger partial charge in [-0.25, -0.2) is 4.98 Å². The van der Waals surface area contributed by atoms with E-state index in [1.165, 1.54) is 27.0 Å². The Morgan fingerprint density at radius 3 is 2.81 bits per heavy atom. The number of aryl methyl sites for hydroxylation is 2. The van der Waals surface area contributed by atoms with E-state index in [0.29, 0.717) is 4.96 Å². The van der Waals surface area contributed by atoms with Gasteiger partial charge < -0.3 is 10.1 Å². The third-order valence-electron chi connectivity index (χ3n) is 5.40. The topological polar surface area (TPSA) is 68.5 Å². The molecule has 0 radical (unpaired) electrons. The quantitative estimate of drug-likeness (QED) is 0.732. The molecule has 0 amide bonds. The maximum Gasteiger partial charge on any atom is 0.275 e. The number of anilines is 1. The fourth-order valence-corrected chi connectivity index (χ4v) is 4.64. The van der Waals surface area contributed by atoms with Crippen molar-refractivity contribution in [3.63, 3.8) is 0 Å². The van der Waals surface area contributed by atoms with Gasteiger partial charge in [0.1, 0.15) is 0 Å². The lowest BCUT2D eigenvalue weighted by molar-refractivity contribution is 0.0542. The molecule has 142 valence electrons. The average Bonchev–Trinajstić information content (AvgIpc) is 3.11. The summed E-state index contributed by atoms with van der Waals surface area (Å²) in [6.45, 7) is 6.44. The van der Waals surface area contributed by atoms with Crippen LogP contribution in [0.3, 0.4) is 0 Å². The Morgan fingerprint density at radius 1 is 1.30 bits per heavy atom. The third-order valence-corrected chi connectivity index (χ3v) is 6.27. The summed E-state index contributed by atoms with van der Waals surface area (Å²) in [6.07, 6.45) is 2.67. The Kier molecular flexibility index (Phi) is 4.97. The second-order valence-electron chi connectivity index (χ2n) is 7.10. The molecule has 1 fully saturated rings. The SMILES string of the molecule is CCc1cc(=O)n2nc(NCC3(c4ccccc4C)CCOCC3)sc2n1. The standard InChI is InChI=1S/C20H24N4O2S/c1-3-15-12-17(25)24-19(22-15)27-18(23-24)21-13-20(8-10-26-11-9-20)16-7-5-4-6-14(16)2/h4-7,12H,3,8-11,13H2,1-2H3,(H,21,23). The van der Waals surface area contributed by atoms with Crippen LogP contribution in [0.2, 0.25) is 0 Å². The lowest BCUT2D eigenvalue weighted by atomic mass is 9.72. The van der Waals surface area contributed by atoms with Crippen LogP contribution in [0.1, 0.15) is 36.6 Å². The van der Waals surface area contributed by atoms with Gasteiger partial charge >= 0.3 is 0 Å². The smallest absolute Gasteiger partial charge is 0.275 e. The molecular weight excluding hydrogens is 360 g/mol. The number of ether oxygens (including phenoxy) is 1. The second kappa shape index (κ2) is 7.40. The van der Waals surface area contributed by atoms with E-state index in [1.54, 1.807) is 6.07 Å². The van der Waals surface area contributed by atoms with E-state index in [1.807, 2.05) is 6.92 Å². The molecule has 1 aliphatic heterocycles. The van der Waals surface area contributed by atoms with Gasteiger partial charge in [0.25, 0.3) is 5.56 Å². The predicted molar refractivity (Wildman–Crippen MR) is 108 cm³/mol. The molecule has 1 aromatic carbocycles. The van der Waals surface area contributed by atoms with E-state index in [2.05, 4.69) is 46.6 Å². The van der Waals surface area contributed by atoms with E-state index in [-0.39, 0.29) is 11.0 Å². The van der Waals surface area contributed by atoms with Crippen LogP contribution in [0.4, 0.5) is 5.13 Å². The lowest BCUT2D eigenvalue weighted by Gasteiger charge is -2.38. The number of rotatable bonds is 5. The van der Waals surface area contributed by atoms with Gasteiger partial charge in [0.05, 0.1) is 0 Å². The van der Waals surface area contributed by atoms with Crippen LogP contribution >= 0.6 is 11.3 Å². The zero-order valence-corrected chi connectivity index (χ0v) is 16.5. The van der Waals surface area contributed by atoms with Crippen molar-refractivity contribution in [3.05, 3.63) is 57.5 Å². The van der Waals surface area contributed by atoms with Gasteiger partial charge in [-0.3, -0.25) is 4.79 Å². The van der Waals surface area contributed by atoms with E-state index < -0.39 is 0 Å². The maximum absolute atomic E-state index is 12.2. The van der Waals surface area contributed by atoms with Crippen molar-refractivity contribution in [2.45, 2.75) is 38.5 Å². The molecule has 7 heteroatoms. The monoisotopic (exact) mass is 384 g/mol. The Bertz CT molecular complexity index is 1000. The van der Waals surface area contributed by atoms with Gasteiger partial charge in [-0.15, -0.1) is 5.10 Å². The molecule has 0 unspecified atom stereocenters. The number of aromatic nitrogens is 3. The van der Waals surface area contributed by atoms with Crippen LogP contribution in [0.25, 0.3) is 4.96 Å². The first kappa shape index (κ1) is 18.1. The van der Waals surface area contributed by atoms with Crippen LogP contribution in [0.5, 0.6) is 0 Å². The zero-order valence-electron chi connectivity index (χ0n) is 15.7. The fourth-order valence-electron chi connectivity index (χ4n) is 3.83. The van der Waals surface area contributed by atoms with Crippen molar-refractivity contribution in [1.82, 2.24) is 14.6 Å². The van der Waals surface area contributed by atoms with Gasteiger partial charge in [-0.1, -0.05) is 42.5 Å². The van der Waals surface area contributed by atoms with Crippen molar-refractivity contribution in [1.29, 1.82) is 0 Å². The molecule has 0 aliphatic carbocycles. The number of fused-ring (bicyclic) bond motifs is 1. The largest absolute Gasteiger partial charge is 0.381 e. The highest BCUT2D eigenvalue weighted by atomic mass is 32.1. The molecule has 1 N–H and O–H groups in total. The van der Waals surface area contributed by atoms with E-state index >= 15 is 0 Å². The third kappa shape index (κ3) is 3.49. The summed E-state index contributed by atoms with van der Waals surface area (Å²) in [7, 11) is 0. The van der Waals surface area contributed by atoms with Crippen LogP contribution in [0.15, 0.2) is 35.1 Å². The van der Waals surface area contributed by atoms with Crippen molar-refractivity contribution in [3.8, 4) is 0 Å². The zero-order chi connectivity index (χ0) is 18.9. The van der Waals surface area contributed by atoms with Crippen molar-refractivity contribution >= 4 is 21.4 Å². The van der Waals surface area contributed by atoms with Crippen LogP contribution in [-0.2, 0) is 16.6 Å². The lowest BCUT2D eigenvalue weighted by Crippen LogP contribution is -2.40. The van der Waals surface area contributed by atoms with Crippen LogP contribution in [-0.4, -0.2) is 34.4 Å². The molecule has 0 saturated carbocycles. The summed E-state index contributed by atoms with van der Waals surface area (Å²) in [5, 5.41) is 8.65. The van der Waals surface area contributed by atoms with E-state index in [4.69, 9.17) is 4.74 Å². The highest BCUT2D eigenvalue weighted by Gasteiger charge is 2.35. The molecule has 6 nitrogen and oxygen atoms in total. The molecule has 27 heavy (non-hydrogen) atoms. The molecular formula is C20H24N4O2S. The highest BCUT2D eigenvalue weighted by Crippen LogP contribution is 2.37. The fraction of sp³-hybridized carbons (Fsp3) is 0.450. The van der Waals surface area contributed by atoms with Crippen LogP contribution < -0.4 is 10.9 Å². The summed E-state index contributed by atoms with van der Waals surface area (Å²) < 4.78 is 7.02. The predicted octanol–water partition coefficient (Wildman–Crippen LogP) is 3.18. The van der Waals surface area contributed by atoms with Crippen LogP contribution in [0, 0.1) is 6.92 Å². The minimum atomic E-state index is -0.124. The molecule has 2 aromatic heterocycles. The Labute approximate surface area is 162 Å². The van der Waals surface area contributed by atoms with Crippen molar-refractivity contribution in [2.75, 3.05) is 25.1 Å². The molecule has 0 bridgehead atoms. The molecule has 3 aromatic rings. The highest BCUT2D eigenvalue weighted by molar-refractivity contribution is 7.20. The normalized spacial score (nSPS) is 16.5.